The van der Waals surface area contributed by atoms with E-state index in [1.807, 2.05) is 11.8 Å². The van der Waals surface area contributed by atoms with Crippen LogP contribution in [0.4, 0.5) is 0 Å². The molecule has 0 aliphatic carbocycles. The Morgan fingerprint density at radius 3 is 2.88 bits per heavy atom. The van der Waals surface area contributed by atoms with Gasteiger partial charge in [0.05, 0.1) is 25.2 Å². The highest BCUT2D eigenvalue weighted by Crippen LogP contribution is 2.11. The molecule has 17 heavy (non-hydrogen) atoms. The minimum absolute atomic E-state index is 0.0285. The number of hydrogen-bond donors (Lipinski definition) is 1. The van der Waals surface area contributed by atoms with Crippen molar-refractivity contribution in [3.05, 3.63) is 0 Å². The number of carbonyl (C=O) groups excluding carboxylic acids is 1. The molecule has 0 aromatic carbocycles. The van der Waals surface area contributed by atoms with Crippen LogP contribution in [-0.4, -0.2) is 55.9 Å². The van der Waals surface area contributed by atoms with E-state index in [4.69, 9.17) is 15.2 Å². The highest BCUT2D eigenvalue weighted by molar-refractivity contribution is 5.76. The minimum Gasteiger partial charge on any atom is -0.381 e. The Balaban J connectivity index is 2.29. The molecule has 1 aliphatic heterocycles. The van der Waals surface area contributed by atoms with Crippen molar-refractivity contribution in [1.82, 2.24) is 4.90 Å². The van der Waals surface area contributed by atoms with Crippen LogP contribution in [0.2, 0.25) is 0 Å². The number of carbonyl (C=O) groups is 1. The minimum atomic E-state index is -0.0285. The third-order valence-corrected chi connectivity index (χ3v) is 2.75. The van der Waals surface area contributed by atoms with E-state index in [1.165, 1.54) is 0 Å². The van der Waals surface area contributed by atoms with Crippen molar-refractivity contribution in [3.63, 3.8) is 0 Å². The van der Waals surface area contributed by atoms with Crippen LogP contribution >= 0.6 is 0 Å². The summed E-state index contributed by atoms with van der Waals surface area (Å²) in [6.45, 7) is 6.97. The van der Waals surface area contributed by atoms with Gasteiger partial charge in [-0.05, 0) is 13.3 Å². The standard InChI is InChI=1S/C12H24N2O3/c1-3-5-16-6-4-12(15)14-8-10(2)17-11(7-13)9-14/h10-11H,3-9,13H2,1-2H3. The zero-order chi connectivity index (χ0) is 12.7. The fourth-order valence-electron chi connectivity index (χ4n) is 1.94. The highest BCUT2D eigenvalue weighted by Gasteiger charge is 2.27. The van der Waals surface area contributed by atoms with Gasteiger partial charge in [-0.15, -0.1) is 0 Å². The summed E-state index contributed by atoms with van der Waals surface area (Å²) >= 11 is 0. The second-order valence-corrected chi connectivity index (χ2v) is 4.47. The zero-order valence-corrected chi connectivity index (χ0v) is 10.9. The zero-order valence-electron chi connectivity index (χ0n) is 10.9. The second kappa shape index (κ2) is 7.63. The molecule has 0 aromatic heterocycles. The van der Waals surface area contributed by atoms with Crippen molar-refractivity contribution in [3.8, 4) is 0 Å². The van der Waals surface area contributed by atoms with E-state index in [0.717, 1.165) is 13.0 Å². The van der Waals surface area contributed by atoms with Gasteiger partial charge in [-0.25, -0.2) is 0 Å². The van der Waals surface area contributed by atoms with Crippen LogP contribution in [0.5, 0.6) is 0 Å². The number of amides is 1. The Hall–Kier alpha value is -0.650. The maximum absolute atomic E-state index is 11.9. The van der Waals surface area contributed by atoms with Gasteiger partial charge in [0.2, 0.25) is 5.91 Å². The smallest absolute Gasteiger partial charge is 0.225 e. The van der Waals surface area contributed by atoms with Gasteiger partial charge >= 0.3 is 0 Å². The number of hydrogen-bond acceptors (Lipinski definition) is 4. The van der Waals surface area contributed by atoms with E-state index in [2.05, 4.69) is 6.92 Å². The quantitative estimate of drug-likeness (QED) is 0.686. The summed E-state index contributed by atoms with van der Waals surface area (Å²) in [6, 6.07) is 0. The van der Waals surface area contributed by atoms with E-state index in [9.17, 15) is 4.79 Å². The number of rotatable bonds is 6. The lowest BCUT2D eigenvalue weighted by molar-refractivity contribution is -0.144. The molecular weight excluding hydrogens is 220 g/mol. The van der Waals surface area contributed by atoms with Gasteiger partial charge in [-0.1, -0.05) is 6.92 Å². The Morgan fingerprint density at radius 1 is 1.47 bits per heavy atom. The van der Waals surface area contributed by atoms with Gasteiger partial charge in [0.25, 0.3) is 0 Å². The number of nitrogens with zero attached hydrogens (tertiary/aromatic N) is 1. The number of ether oxygens (including phenoxy) is 2. The van der Waals surface area contributed by atoms with Gasteiger partial charge in [0, 0.05) is 26.2 Å². The molecule has 1 rings (SSSR count). The van der Waals surface area contributed by atoms with E-state index >= 15 is 0 Å². The van der Waals surface area contributed by atoms with Gasteiger partial charge in [-0.2, -0.15) is 0 Å². The predicted octanol–water partition coefficient (Wildman–Crippen LogP) is 0.378. The summed E-state index contributed by atoms with van der Waals surface area (Å²) in [6.07, 6.45) is 1.47. The fraction of sp³-hybridized carbons (Fsp3) is 0.917. The predicted molar refractivity (Wildman–Crippen MR) is 65.7 cm³/mol. The topological polar surface area (TPSA) is 64.8 Å². The number of morpholine rings is 1. The Labute approximate surface area is 103 Å². The fourth-order valence-corrected chi connectivity index (χ4v) is 1.94. The van der Waals surface area contributed by atoms with Crippen molar-refractivity contribution in [2.45, 2.75) is 38.9 Å². The molecule has 1 saturated heterocycles. The molecule has 100 valence electrons. The summed E-state index contributed by atoms with van der Waals surface area (Å²) in [5.74, 6) is 0.134. The molecule has 1 aliphatic rings. The Bertz CT molecular complexity index is 236. The largest absolute Gasteiger partial charge is 0.381 e. The summed E-state index contributed by atoms with van der Waals surface area (Å²) in [5.41, 5.74) is 5.58. The molecule has 5 nitrogen and oxygen atoms in total. The summed E-state index contributed by atoms with van der Waals surface area (Å²) in [4.78, 5) is 13.8. The van der Waals surface area contributed by atoms with Crippen LogP contribution < -0.4 is 5.73 Å². The van der Waals surface area contributed by atoms with E-state index < -0.39 is 0 Å². The average molecular weight is 244 g/mol. The Morgan fingerprint density at radius 2 is 2.24 bits per heavy atom. The van der Waals surface area contributed by atoms with Crippen LogP contribution in [0.3, 0.4) is 0 Å². The molecule has 1 amide bonds. The van der Waals surface area contributed by atoms with Crippen molar-refractivity contribution >= 4 is 5.91 Å². The average Bonchev–Trinajstić information content (AvgIpc) is 2.33. The van der Waals surface area contributed by atoms with Crippen LogP contribution in [0.15, 0.2) is 0 Å². The van der Waals surface area contributed by atoms with Crippen molar-refractivity contribution < 1.29 is 14.3 Å². The van der Waals surface area contributed by atoms with Gasteiger partial charge < -0.3 is 20.1 Å². The molecule has 1 fully saturated rings. The SMILES string of the molecule is CCCOCCC(=O)N1CC(C)OC(CN)C1. The van der Waals surface area contributed by atoms with Crippen molar-refractivity contribution in [2.24, 2.45) is 5.73 Å². The first kappa shape index (κ1) is 14.4. The summed E-state index contributed by atoms with van der Waals surface area (Å²) in [7, 11) is 0. The van der Waals surface area contributed by atoms with Crippen molar-refractivity contribution in [2.75, 3.05) is 32.8 Å². The molecule has 2 N–H and O–H groups in total. The monoisotopic (exact) mass is 244 g/mol. The van der Waals surface area contributed by atoms with E-state index in [1.54, 1.807) is 0 Å². The molecule has 0 bridgehead atoms. The van der Waals surface area contributed by atoms with Crippen LogP contribution in [0.1, 0.15) is 26.7 Å². The molecular formula is C12H24N2O3. The summed E-state index contributed by atoms with van der Waals surface area (Å²) in [5, 5.41) is 0. The maximum atomic E-state index is 11.9. The first-order valence-corrected chi connectivity index (χ1v) is 6.38. The van der Waals surface area contributed by atoms with Gasteiger partial charge in [0.15, 0.2) is 0 Å². The van der Waals surface area contributed by atoms with E-state index in [0.29, 0.717) is 32.7 Å². The lowest BCUT2D eigenvalue weighted by Crippen LogP contribution is -2.51. The first-order valence-electron chi connectivity index (χ1n) is 6.38. The lowest BCUT2D eigenvalue weighted by Gasteiger charge is -2.36. The molecule has 0 radical (unpaired) electrons. The Kier molecular flexibility index (Phi) is 6.47. The van der Waals surface area contributed by atoms with Crippen LogP contribution in [-0.2, 0) is 14.3 Å². The maximum Gasteiger partial charge on any atom is 0.225 e. The molecule has 0 spiro atoms. The molecule has 0 saturated carbocycles. The molecule has 2 unspecified atom stereocenters. The summed E-state index contributed by atoms with van der Waals surface area (Å²) < 4.78 is 10.9. The molecule has 1 heterocycles. The van der Waals surface area contributed by atoms with Crippen LogP contribution in [0.25, 0.3) is 0 Å². The molecule has 0 aromatic rings. The van der Waals surface area contributed by atoms with E-state index in [-0.39, 0.29) is 18.1 Å². The molecule has 2 atom stereocenters. The van der Waals surface area contributed by atoms with Gasteiger partial charge in [-0.3, -0.25) is 4.79 Å². The first-order chi connectivity index (χ1) is 8.17. The number of nitrogens with two attached hydrogens (primary N) is 1. The third kappa shape index (κ3) is 5.02. The normalized spacial score (nSPS) is 25.0. The van der Waals surface area contributed by atoms with Crippen LogP contribution in [0, 0.1) is 0 Å². The van der Waals surface area contributed by atoms with Crippen molar-refractivity contribution in [1.29, 1.82) is 0 Å². The molecule has 5 heteroatoms. The van der Waals surface area contributed by atoms with Gasteiger partial charge in [0.1, 0.15) is 0 Å². The lowest BCUT2D eigenvalue weighted by atomic mass is 10.2. The third-order valence-electron chi connectivity index (χ3n) is 2.75. The highest BCUT2D eigenvalue weighted by atomic mass is 16.5. The second-order valence-electron chi connectivity index (χ2n) is 4.47.